The van der Waals surface area contributed by atoms with Crippen LogP contribution in [-0.4, -0.2) is 25.3 Å². The third kappa shape index (κ3) is 4.79. The zero-order chi connectivity index (χ0) is 13.5. The van der Waals surface area contributed by atoms with Crippen LogP contribution in [0.5, 0.6) is 0 Å². The Morgan fingerprint density at radius 3 is 2.95 bits per heavy atom. The van der Waals surface area contributed by atoms with Crippen LogP contribution in [0, 0.1) is 0 Å². The van der Waals surface area contributed by atoms with Gasteiger partial charge in [0.25, 0.3) is 0 Å². The third-order valence-electron chi connectivity index (χ3n) is 3.68. The molecule has 0 spiro atoms. The van der Waals surface area contributed by atoms with E-state index in [0.29, 0.717) is 12.1 Å². The number of hydrogen-bond donors (Lipinski definition) is 1. The molecule has 1 fully saturated rings. The van der Waals surface area contributed by atoms with Crippen LogP contribution in [0.4, 0.5) is 0 Å². The van der Waals surface area contributed by atoms with Gasteiger partial charge in [-0.25, -0.2) is 0 Å². The summed E-state index contributed by atoms with van der Waals surface area (Å²) in [4.78, 5) is 0. The van der Waals surface area contributed by atoms with Crippen molar-refractivity contribution in [2.45, 2.75) is 51.2 Å². The first-order valence-corrected chi connectivity index (χ1v) is 7.75. The molecule has 2 rings (SSSR count). The second kappa shape index (κ2) is 7.88. The van der Waals surface area contributed by atoms with Crippen molar-refractivity contribution in [1.82, 2.24) is 5.32 Å². The SMILES string of the molecule is CCCNC(Cc1ccccc1Cl)CC1CCCO1. The molecule has 106 valence electrons. The molecule has 19 heavy (non-hydrogen) atoms. The predicted octanol–water partition coefficient (Wildman–Crippen LogP) is 3.82. The van der Waals surface area contributed by atoms with Crippen LogP contribution in [0.15, 0.2) is 24.3 Å². The summed E-state index contributed by atoms with van der Waals surface area (Å²) in [5, 5.41) is 4.51. The largest absolute Gasteiger partial charge is 0.378 e. The highest BCUT2D eigenvalue weighted by atomic mass is 35.5. The first kappa shape index (κ1) is 14.8. The first-order valence-electron chi connectivity index (χ1n) is 7.38. The number of benzene rings is 1. The van der Waals surface area contributed by atoms with Crippen molar-refractivity contribution < 1.29 is 4.74 Å². The molecule has 2 nitrogen and oxygen atoms in total. The molecule has 2 unspecified atom stereocenters. The number of nitrogens with one attached hydrogen (secondary N) is 1. The van der Waals surface area contributed by atoms with Crippen LogP contribution in [-0.2, 0) is 11.2 Å². The quantitative estimate of drug-likeness (QED) is 0.820. The zero-order valence-corrected chi connectivity index (χ0v) is 12.5. The van der Waals surface area contributed by atoms with Crippen molar-refractivity contribution >= 4 is 11.6 Å². The van der Waals surface area contributed by atoms with Crippen LogP contribution >= 0.6 is 11.6 Å². The standard InChI is InChI=1S/C16H24ClNO/c1-2-9-18-14(12-15-7-5-10-19-15)11-13-6-3-4-8-16(13)17/h3-4,6,8,14-15,18H,2,5,7,9-12H2,1H3. The number of halogens is 1. The molecule has 1 saturated heterocycles. The monoisotopic (exact) mass is 281 g/mol. The van der Waals surface area contributed by atoms with Gasteiger partial charge in [-0.05, 0) is 50.3 Å². The van der Waals surface area contributed by atoms with E-state index in [-0.39, 0.29) is 0 Å². The van der Waals surface area contributed by atoms with Gasteiger partial charge in [0.15, 0.2) is 0 Å². The van der Waals surface area contributed by atoms with E-state index in [1.54, 1.807) is 0 Å². The lowest BCUT2D eigenvalue weighted by molar-refractivity contribution is 0.0946. The summed E-state index contributed by atoms with van der Waals surface area (Å²) in [7, 11) is 0. The lowest BCUT2D eigenvalue weighted by Crippen LogP contribution is -2.35. The molecule has 1 aliphatic heterocycles. The molecule has 0 bridgehead atoms. The highest BCUT2D eigenvalue weighted by Crippen LogP contribution is 2.21. The van der Waals surface area contributed by atoms with Gasteiger partial charge in [0, 0.05) is 17.7 Å². The van der Waals surface area contributed by atoms with Crippen LogP contribution in [0.25, 0.3) is 0 Å². The van der Waals surface area contributed by atoms with Crippen LogP contribution in [0.1, 0.15) is 38.2 Å². The second-order valence-electron chi connectivity index (χ2n) is 5.32. The van der Waals surface area contributed by atoms with E-state index in [4.69, 9.17) is 16.3 Å². The summed E-state index contributed by atoms with van der Waals surface area (Å²) >= 11 is 6.26. The molecule has 0 saturated carbocycles. The molecule has 1 heterocycles. The summed E-state index contributed by atoms with van der Waals surface area (Å²) in [5.41, 5.74) is 1.23. The Bertz CT molecular complexity index is 377. The van der Waals surface area contributed by atoms with Gasteiger partial charge in [0.1, 0.15) is 0 Å². The summed E-state index contributed by atoms with van der Waals surface area (Å²) in [6.07, 6.45) is 6.07. The van der Waals surface area contributed by atoms with E-state index in [9.17, 15) is 0 Å². The fourth-order valence-electron chi connectivity index (χ4n) is 2.66. The molecule has 1 N–H and O–H groups in total. The number of rotatable bonds is 7. The smallest absolute Gasteiger partial charge is 0.0590 e. The topological polar surface area (TPSA) is 21.3 Å². The van der Waals surface area contributed by atoms with E-state index in [0.717, 1.165) is 37.4 Å². The van der Waals surface area contributed by atoms with Gasteiger partial charge in [-0.3, -0.25) is 0 Å². The number of hydrogen-bond acceptors (Lipinski definition) is 2. The summed E-state index contributed by atoms with van der Waals surface area (Å²) in [6, 6.07) is 8.60. The summed E-state index contributed by atoms with van der Waals surface area (Å²) < 4.78 is 5.76. The summed E-state index contributed by atoms with van der Waals surface area (Å²) in [5.74, 6) is 0. The van der Waals surface area contributed by atoms with Crippen LogP contribution < -0.4 is 5.32 Å². The Balaban J connectivity index is 1.94. The normalized spacial score (nSPS) is 20.6. The Labute approximate surface area is 121 Å². The number of ether oxygens (including phenoxy) is 1. The highest BCUT2D eigenvalue weighted by molar-refractivity contribution is 6.31. The average Bonchev–Trinajstić information content (AvgIpc) is 2.91. The van der Waals surface area contributed by atoms with Crippen molar-refractivity contribution in [1.29, 1.82) is 0 Å². The van der Waals surface area contributed by atoms with Gasteiger partial charge in [0.05, 0.1) is 6.10 Å². The molecule has 0 aromatic heterocycles. The minimum Gasteiger partial charge on any atom is -0.378 e. The van der Waals surface area contributed by atoms with Gasteiger partial charge >= 0.3 is 0 Å². The van der Waals surface area contributed by atoms with Gasteiger partial charge in [-0.1, -0.05) is 36.7 Å². The van der Waals surface area contributed by atoms with E-state index in [1.807, 2.05) is 12.1 Å². The molecule has 0 radical (unpaired) electrons. The zero-order valence-electron chi connectivity index (χ0n) is 11.7. The van der Waals surface area contributed by atoms with Crippen LogP contribution in [0.3, 0.4) is 0 Å². The molecule has 1 aliphatic rings. The molecule has 1 aromatic rings. The molecular formula is C16H24ClNO. The van der Waals surface area contributed by atoms with E-state index in [2.05, 4.69) is 24.4 Å². The first-order chi connectivity index (χ1) is 9.29. The fourth-order valence-corrected chi connectivity index (χ4v) is 2.88. The maximum atomic E-state index is 6.26. The lowest BCUT2D eigenvalue weighted by atomic mass is 9.99. The Kier molecular flexibility index (Phi) is 6.15. The van der Waals surface area contributed by atoms with E-state index in [1.165, 1.54) is 18.4 Å². The third-order valence-corrected chi connectivity index (χ3v) is 4.05. The predicted molar refractivity (Wildman–Crippen MR) is 80.8 cm³/mol. The molecule has 0 aliphatic carbocycles. The highest BCUT2D eigenvalue weighted by Gasteiger charge is 2.21. The van der Waals surface area contributed by atoms with Crippen molar-refractivity contribution in [3.63, 3.8) is 0 Å². The molecular weight excluding hydrogens is 258 g/mol. The van der Waals surface area contributed by atoms with Gasteiger partial charge in [-0.2, -0.15) is 0 Å². The Hall–Kier alpha value is -0.570. The molecule has 1 aromatic carbocycles. The van der Waals surface area contributed by atoms with Crippen molar-refractivity contribution in [2.24, 2.45) is 0 Å². The van der Waals surface area contributed by atoms with Crippen molar-refractivity contribution in [3.8, 4) is 0 Å². The maximum absolute atomic E-state index is 6.26. The fraction of sp³-hybridized carbons (Fsp3) is 0.625. The Morgan fingerprint density at radius 2 is 2.26 bits per heavy atom. The van der Waals surface area contributed by atoms with Gasteiger partial charge in [-0.15, -0.1) is 0 Å². The van der Waals surface area contributed by atoms with E-state index >= 15 is 0 Å². The molecule has 3 heteroatoms. The second-order valence-corrected chi connectivity index (χ2v) is 5.72. The lowest BCUT2D eigenvalue weighted by Gasteiger charge is -2.22. The van der Waals surface area contributed by atoms with Gasteiger partial charge < -0.3 is 10.1 Å². The van der Waals surface area contributed by atoms with Gasteiger partial charge in [0.2, 0.25) is 0 Å². The maximum Gasteiger partial charge on any atom is 0.0590 e. The van der Waals surface area contributed by atoms with Crippen molar-refractivity contribution in [2.75, 3.05) is 13.2 Å². The molecule has 2 atom stereocenters. The van der Waals surface area contributed by atoms with Crippen LogP contribution in [0.2, 0.25) is 5.02 Å². The Morgan fingerprint density at radius 1 is 1.42 bits per heavy atom. The minimum absolute atomic E-state index is 0.428. The van der Waals surface area contributed by atoms with Crippen molar-refractivity contribution in [3.05, 3.63) is 34.9 Å². The molecule has 0 amide bonds. The average molecular weight is 282 g/mol. The minimum atomic E-state index is 0.428. The summed E-state index contributed by atoms with van der Waals surface area (Å²) in [6.45, 7) is 4.19. The van der Waals surface area contributed by atoms with E-state index < -0.39 is 0 Å².